The van der Waals surface area contributed by atoms with Gasteiger partial charge in [0.25, 0.3) is 7.82 Å². The molecule has 11 nitrogen and oxygen atoms in total. The average molecular weight is 771 g/mol. The molecule has 1 amide bonds. The standard InChI is InChI=1S/C41H75N2O9P/c1-6-8-10-11-12-13-14-15-16-17-22-26-38(45)37(33-52-53(49,50)51-31-30-43(3,4)5)42-41(48)27-23-19-18-21-25-35-36(40(47)32-39(35)46)29-28-34(44)24-20-9-7-2/h14-15,22,26,28-29,34-38,40,44-45,47H,6-13,16-21,23-25,27,30-33H2,1-5H3,(H-,42,48,49,50)/b15-14-,26-22+,29-28+/t34-,35+,36+,37-,38+,40+/m0/s1. The van der Waals surface area contributed by atoms with Gasteiger partial charge < -0.3 is 39.1 Å². The maximum Gasteiger partial charge on any atom is 0.268 e. The summed E-state index contributed by atoms with van der Waals surface area (Å²) in [4.78, 5) is 37.9. The van der Waals surface area contributed by atoms with Crippen molar-refractivity contribution in [3.63, 3.8) is 0 Å². The molecule has 1 saturated carbocycles. The number of nitrogens with zero attached hydrogens (tertiary/aromatic N) is 1. The Kier molecular flexibility index (Phi) is 26.7. The van der Waals surface area contributed by atoms with Crippen molar-refractivity contribution in [3.8, 4) is 0 Å². The third-order valence-corrected chi connectivity index (χ3v) is 10.7. The maximum atomic E-state index is 12.9. The number of allylic oxidation sites excluding steroid dienone is 3. The SMILES string of the molecule is CCCCCCC/C=C\CC/C=C/[C@@H](O)[C@H](COP(=O)([O-])OCC[N+](C)(C)C)NC(=O)CCCCCC[C@H]1C(=O)C[C@@H](O)[C@@H]1/C=C/[C@@H](O)CCCCC. The van der Waals surface area contributed by atoms with Crippen molar-refractivity contribution in [3.05, 3.63) is 36.5 Å². The Balaban J connectivity index is 2.60. The van der Waals surface area contributed by atoms with E-state index in [0.717, 1.165) is 51.4 Å². The van der Waals surface area contributed by atoms with Crippen molar-refractivity contribution in [2.24, 2.45) is 11.8 Å². The highest BCUT2D eigenvalue weighted by Gasteiger charge is 2.39. The number of carbonyl (C=O) groups is 2. The number of amides is 1. The number of aliphatic hydroxyl groups is 3. The van der Waals surface area contributed by atoms with Crippen LogP contribution >= 0.6 is 7.82 Å². The van der Waals surface area contributed by atoms with Crippen molar-refractivity contribution < 1.29 is 47.9 Å². The van der Waals surface area contributed by atoms with Gasteiger partial charge >= 0.3 is 0 Å². The Labute approximate surface area is 321 Å². The van der Waals surface area contributed by atoms with Crippen LogP contribution in [0.4, 0.5) is 0 Å². The number of hydrogen-bond acceptors (Lipinski definition) is 9. The average Bonchev–Trinajstić information content (AvgIpc) is 3.36. The van der Waals surface area contributed by atoms with Crippen LogP contribution in [0.2, 0.25) is 0 Å². The summed E-state index contributed by atoms with van der Waals surface area (Å²) in [6.07, 6.45) is 25.2. The molecule has 12 heteroatoms. The van der Waals surface area contributed by atoms with Crippen LogP contribution in [-0.2, 0) is 23.2 Å². The molecule has 0 spiro atoms. The number of aliphatic hydroxyl groups excluding tert-OH is 3. The highest BCUT2D eigenvalue weighted by atomic mass is 31.2. The number of carbonyl (C=O) groups excluding carboxylic acids is 2. The van der Waals surface area contributed by atoms with Gasteiger partial charge in [-0.15, -0.1) is 0 Å². The second-order valence-corrected chi connectivity index (χ2v) is 17.2. The number of nitrogens with one attached hydrogen (secondary N) is 1. The van der Waals surface area contributed by atoms with E-state index in [9.17, 15) is 34.4 Å². The predicted octanol–water partition coefficient (Wildman–Crippen LogP) is 6.70. The minimum absolute atomic E-state index is 0.0505. The van der Waals surface area contributed by atoms with E-state index < -0.39 is 38.8 Å². The Morgan fingerprint density at radius 2 is 1.55 bits per heavy atom. The van der Waals surface area contributed by atoms with Crippen LogP contribution in [-0.4, -0.2) is 96.7 Å². The number of ketones is 1. The molecule has 0 aromatic carbocycles. The number of phosphoric ester groups is 1. The Bertz CT molecular complexity index is 1120. The minimum atomic E-state index is -4.66. The number of Topliss-reactive ketones (excluding diaryl/α,β-unsaturated/α-hetero) is 1. The fourth-order valence-electron chi connectivity index (χ4n) is 6.36. The van der Waals surface area contributed by atoms with E-state index >= 15 is 0 Å². The first-order valence-corrected chi connectivity index (χ1v) is 21.9. The van der Waals surface area contributed by atoms with Crippen LogP contribution in [0.15, 0.2) is 36.5 Å². The Morgan fingerprint density at radius 1 is 0.906 bits per heavy atom. The molecule has 0 saturated heterocycles. The lowest BCUT2D eigenvalue weighted by Gasteiger charge is -2.29. The van der Waals surface area contributed by atoms with Gasteiger partial charge in [-0.05, 0) is 44.9 Å². The zero-order chi connectivity index (χ0) is 39.5. The van der Waals surface area contributed by atoms with E-state index in [4.69, 9.17) is 9.05 Å². The molecule has 0 radical (unpaired) electrons. The quantitative estimate of drug-likeness (QED) is 0.0252. The van der Waals surface area contributed by atoms with Gasteiger partial charge in [-0.3, -0.25) is 14.2 Å². The first kappa shape index (κ1) is 49.3. The smallest absolute Gasteiger partial charge is 0.268 e. The van der Waals surface area contributed by atoms with Gasteiger partial charge in [-0.2, -0.15) is 0 Å². The summed E-state index contributed by atoms with van der Waals surface area (Å²) >= 11 is 0. The van der Waals surface area contributed by atoms with E-state index in [1.165, 1.54) is 32.1 Å². The highest BCUT2D eigenvalue weighted by Crippen LogP contribution is 2.38. The lowest BCUT2D eigenvalue weighted by atomic mass is 9.88. The first-order valence-electron chi connectivity index (χ1n) is 20.5. The van der Waals surface area contributed by atoms with Crippen LogP contribution < -0.4 is 10.2 Å². The molecule has 0 heterocycles. The molecule has 0 aromatic heterocycles. The molecule has 1 rings (SSSR count). The van der Waals surface area contributed by atoms with Crippen LogP contribution in [0.5, 0.6) is 0 Å². The highest BCUT2D eigenvalue weighted by molar-refractivity contribution is 7.45. The first-order chi connectivity index (χ1) is 25.2. The molecule has 0 aromatic rings. The van der Waals surface area contributed by atoms with Crippen molar-refractivity contribution in [2.75, 3.05) is 40.9 Å². The monoisotopic (exact) mass is 771 g/mol. The van der Waals surface area contributed by atoms with Crippen LogP contribution in [0.3, 0.4) is 0 Å². The zero-order valence-corrected chi connectivity index (χ0v) is 34.6. The lowest BCUT2D eigenvalue weighted by molar-refractivity contribution is -0.870. The molecular formula is C41H75N2O9P. The van der Waals surface area contributed by atoms with Gasteiger partial charge in [0.05, 0.1) is 52.1 Å². The summed E-state index contributed by atoms with van der Waals surface area (Å²) in [6, 6.07) is -0.989. The molecule has 0 aliphatic heterocycles. The molecule has 1 fully saturated rings. The number of quaternary nitrogens is 1. The topological polar surface area (TPSA) is 165 Å². The predicted molar refractivity (Wildman–Crippen MR) is 211 cm³/mol. The Morgan fingerprint density at radius 3 is 2.26 bits per heavy atom. The second-order valence-electron chi connectivity index (χ2n) is 15.8. The molecule has 0 bridgehead atoms. The summed E-state index contributed by atoms with van der Waals surface area (Å²) in [7, 11) is 1.09. The summed E-state index contributed by atoms with van der Waals surface area (Å²) in [5.74, 6) is -0.828. The number of hydrogen-bond donors (Lipinski definition) is 4. The largest absolute Gasteiger partial charge is 0.756 e. The molecule has 1 aliphatic rings. The van der Waals surface area contributed by atoms with Gasteiger partial charge in [0.1, 0.15) is 18.9 Å². The molecule has 308 valence electrons. The van der Waals surface area contributed by atoms with Crippen molar-refractivity contribution in [1.29, 1.82) is 0 Å². The van der Waals surface area contributed by atoms with Gasteiger partial charge in [0.15, 0.2) is 0 Å². The second kappa shape index (κ2) is 28.7. The van der Waals surface area contributed by atoms with E-state index in [-0.39, 0.29) is 43.0 Å². The third kappa shape index (κ3) is 25.2. The summed E-state index contributed by atoms with van der Waals surface area (Å²) < 4.78 is 23.1. The van der Waals surface area contributed by atoms with Crippen molar-refractivity contribution in [1.82, 2.24) is 5.32 Å². The fourth-order valence-corrected chi connectivity index (χ4v) is 7.08. The fraction of sp³-hybridized carbons (Fsp3) is 0.805. The molecule has 4 N–H and O–H groups in total. The zero-order valence-electron chi connectivity index (χ0n) is 33.7. The van der Waals surface area contributed by atoms with Gasteiger partial charge in [-0.1, -0.05) is 115 Å². The molecule has 1 unspecified atom stereocenters. The van der Waals surface area contributed by atoms with E-state index in [2.05, 4.69) is 31.3 Å². The van der Waals surface area contributed by atoms with Crippen LogP contribution in [0, 0.1) is 11.8 Å². The van der Waals surface area contributed by atoms with E-state index in [1.807, 2.05) is 33.3 Å². The van der Waals surface area contributed by atoms with E-state index in [0.29, 0.717) is 36.7 Å². The molecule has 53 heavy (non-hydrogen) atoms. The number of rotatable bonds is 32. The third-order valence-electron chi connectivity index (χ3n) is 9.72. The van der Waals surface area contributed by atoms with Crippen LogP contribution in [0.1, 0.15) is 136 Å². The van der Waals surface area contributed by atoms with Crippen LogP contribution in [0.25, 0.3) is 0 Å². The van der Waals surface area contributed by atoms with Crippen molar-refractivity contribution >= 4 is 19.5 Å². The summed E-state index contributed by atoms with van der Waals surface area (Å²) in [6.45, 7) is 4.25. The summed E-state index contributed by atoms with van der Waals surface area (Å²) in [5.41, 5.74) is 0. The summed E-state index contributed by atoms with van der Waals surface area (Å²) in [5, 5.41) is 34.4. The molecule has 7 atom stereocenters. The van der Waals surface area contributed by atoms with Gasteiger partial charge in [-0.25, -0.2) is 0 Å². The normalized spacial score (nSPS) is 21.2. The van der Waals surface area contributed by atoms with E-state index in [1.54, 1.807) is 12.2 Å². The maximum absolute atomic E-state index is 12.9. The van der Waals surface area contributed by atoms with Gasteiger partial charge in [0.2, 0.25) is 5.91 Å². The van der Waals surface area contributed by atoms with Crippen molar-refractivity contribution in [2.45, 2.75) is 160 Å². The van der Waals surface area contributed by atoms with Gasteiger partial charge in [0, 0.05) is 24.7 Å². The number of phosphoric acid groups is 1. The lowest BCUT2D eigenvalue weighted by Crippen LogP contribution is -2.45. The number of likely N-dealkylation sites (N-methyl/N-ethyl adjacent to an activating group) is 1. The Hall–Kier alpha value is -1.69. The number of unbranched alkanes of at least 4 members (excludes halogenated alkanes) is 11. The molecular weight excluding hydrogens is 695 g/mol. The minimum Gasteiger partial charge on any atom is -0.756 e. The molecule has 1 aliphatic carbocycles.